The van der Waals surface area contributed by atoms with Gasteiger partial charge in [0.2, 0.25) is 0 Å². The summed E-state index contributed by atoms with van der Waals surface area (Å²) in [5, 5.41) is 3.05. The third-order valence-corrected chi connectivity index (χ3v) is 1.72. The fraction of sp³-hybridized carbons (Fsp3) is 0.667. The molecule has 0 bridgehead atoms. The minimum Gasteiger partial charge on any atom is -0.383 e. The molecule has 0 aliphatic carbocycles. The highest BCUT2D eigenvalue weighted by molar-refractivity contribution is 5.73. The highest BCUT2D eigenvalue weighted by atomic mass is 16.1. The SMILES string of the molecule is CCNC(C=O)=C(CC)CC. The molecule has 0 atom stereocenters. The molecule has 0 heterocycles. The van der Waals surface area contributed by atoms with Crippen molar-refractivity contribution in [3.63, 3.8) is 0 Å². The molecule has 0 aliphatic heterocycles. The van der Waals surface area contributed by atoms with Crippen LogP contribution in [0.15, 0.2) is 11.3 Å². The Hall–Kier alpha value is -0.790. The van der Waals surface area contributed by atoms with E-state index < -0.39 is 0 Å². The first-order chi connectivity index (χ1) is 5.29. The molecule has 0 rings (SSSR count). The number of rotatable bonds is 5. The normalized spacial score (nSPS) is 9.00. The lowest BCUT2D eigenvalue weighted by Crippen LogP contribution is -2.15. The van der Waals surface area contributed by atoms with Gasteiger partial charge in [0.05, 0.1) is 5.70 Å². The van der Waals surface area contributed by atoms with Crippen molar-refractivity contribution in [3.05, 3.63) is 11.3 Å². The standard InChI is InChI=1S/C9H17NO/c1-4-8(5-2)9(7-11)10-6-3/h7,10H,4-6H2,1-3H3. The van der Waals surface area contributed by atoms with Crippen molar-refractivity contribution in [1.82, 2.24) is 5.32 Å². The van der Waals surface area contributed by atoms with Gasteiger partial charge >= 0.3 is 0 Å². The highest BCUT2D eigenvalue weighted by Gasteiger charge is 1.99. The predicted octanol–water partition coefficient (Wildman–Crippen LogP) is 1.87. The van der Waals surface area contributed by atoms with Crippen LogP contribution in [0.3, 0.4) is 0 Å². The van der Waals surface area contributed by atoms with Crippen LogP contribution in [0, 0.1) is 0 Å². The first-order valence-electron chi connectivity index (χ1n) is 4.21. The zero-order chi connectivity index (χ0) is 8.69. The molecule has 0 amide bonds. The van der Waals surface area contributed by atoms with Gasteiger partial charge in [0.25, 0.3) is 0 Å². The van der Waals surface area contributed by atoms with Crippen molar-refractivity contribution in [2.45, 2.75) is 33.6 Å². The molecule has 0 aromatic rings. The Balaban J connectivity index is 4.34. The summed E-state index contributed by atoms with van der Waals surface area (Å²) in [4.78, 5) is 10.5. The van der Waals surface area contributed by atoms with E-state index in [0.29, 0.717) is 0 Å². The number of aldehydes is 1. The summed E-state index contributed by atoms with van der Waals surface area (Å²) >= 11 is 0. The zero-order valence-corrected chi connectivity index (χ0v) is 7.61. The number of carbonyl (C=O) groups is 1. The largest absolute Gasteiger partial charge is 0.383 e. The Morgan fingerprint density at radius 3 is 2.09 bits per heavy atom. The van der Waals surface area contributed by atoms with E-state index in [1.807, 2.05) is 6.92 Å². The van der Waals surface area contributed by atoms with Crippen molar-refractivity contribution in [3.8, 4) is 0 Å². The smallest absolute Gasteiger partial charge is 0.165 e. The number of carbonyl (C=O) groups excluding carboxylic acids is 1. The predicted molar refractivity (Wildman–Crippen MR) is 47.3 cm³/mol. The monoisotopic (exact) mass is 155 g/mol. The van der Waals surface area contributed by atoms with Gasteiger partial charge in [-0.1, -0.05) is 13.8 Å². The van der Waals surface area contributed by atoms with E-state index in [9.17, 15) is 4.79 Å². The maximum absolute atomic E-state index is 10.5. The van der Waals surface area contributed by atoms with E-state index in [4.69, 9.17) is 0 Å². The maximum atomic E-state index is 10.5. The van der Waals surface area contributed by atoms with E-state index >= 15 is 0 Å². The van der Waals surface area contributed by atoms with Crippen LogP contribution >= 0.6 is 0 Å². The van der Waals surface area contributed by atoms with Crippen LogP contribution in [0.1, 0.15) is 33.6 Å². The molecule has 0 radical (unpaired) electrons. The minimum absolute atomic E-state index is 0.775. The molecule has 2 heteroatoms. The first-order valence-corrected chi connectivity index (χ1v) is 4.21. The van der Waals surface area contributed by atoms with Crippen LogP contribution in [-0.2, 0) is 4.79 Å². The lowest BCUT2D eigenvalue weighted by atomic mass is 10.1. The average molecular weight is 155 g/mol. The summed E-state index contributed by atoms with van der Waals surface area (Å²) in [5.41, 5.74) is 1.99. The lowest BCUT2D eigenvalue weighted by molar-refractivity contribution is -0.105. The fourth-order valence-corrected chi connectivity index (χ4v) is 1.07. The van der Waals surface area contributed by atoms with Crippen LogP contribution in [-0.4, -0.2) is 12.8 Å². The third-order valence-electron chi connectivity index (χ3n) is 1.72. The summed E-state index contributed by atoms with van der Waals surface area (Å²) in [5.74, 6) is 0. The van der Waals surface area contributed by atoms with E-state index in [-0.39, 0.29) is 0 Å². The summed E-state index contributed by atoms with van der Waals surface area (Å²) in [6.45, 7) is 6.95. The quantitative estimate of drug-likeness (QED) is 0.485. The second kappa shape index (κ2) is 5.96. The summed E-state index contributed by atoms with van der Waals surface area (Å²) in [6, 6.07) is 0. The molecule has 0 spiro atoms. The van der Waals surface area contributed by atoms with Crippen LogP contribution in [0.25, 0.3) is 0 Å². The van der Waals surface area contributed by atoms with Gasteiger partial charge in [0.15, 0.2) is 6.29 Å². The van der Waals surface area contributed by atoms with Gasteiger partial charge in [-0.15, -0.1) is 0 Å². The van der Waals surface area contributed by atoms with Crippen molar-refractivity contribution in [1.29, 1.82) is 0 Å². The minimum atomic E-state index is 0.775. The lowest BCUT2D eigenvalue weighted by Gasteiger charge is -2.07. The maximum Gasteiger partial charge on any atom is 0.165 e. The first kappa shape index (κ1) is 10.2. The Bertz CT molecular complexity index is 144. The molecule has 0 unspecified atom stereocenters. The summed E-state index contributed by atoms with van der Waals surface area (Å²) in [6.07, 6.45) is 2.82. The van der Waals surface area contributed by atoms with Gasteiger partial charge < -0.3 is 5.32 Å². The van der Waals surface area contributed by atoms with Crippen molar-refractivity contribution in [2.24, 2.45) is 0 Å². The Morgan fingerprint density at radius 1 is 1.27 bits per heavy atom. The van der Waals surface area contributed by atoms with Crippen molar-refractivity contribution < 1.29 is 4.79 Å². The van der Waals surface area contributed by atoms with Crippen molar-refractivity contribution in [2.75, 3.05) is 6.54 Å². The molecule has 0 saturated carbocycles. The summed E-state index contributed by atoms with van der Waals surface area (Å²) in [7, 11) is 0. The van der Waals surface area contributed by atoms with Crippen molar-refractivity contribution >= 4 is 6.29 Å². The molecule has 64 valence electrons. The molecular weight excluding hydrogens is 138 g/mol. The van der Waals surface area contributed by atoms with Gasteiger partial charge in [0.1, 0.15) is 0 Å². The topological polar surface area (TPSA) is 29.1 Å². The second-order valence-electron chi connectivity index (χ2n) is 2.37. The third kappa shape index (κ3) is 3.21. The van der Waals surface area contributed by atoms with Crippen LogP contribution in [0.2, 0.25) is 0 Å². The number of nitrogens with one attached hydrogen (secondary N) is 1. The number of allylic oxidation sites excluding steroid dienone is 2. The van der Waals surface area contributed by atoms with Crippen LogP contribution < -0.4 is 5.32 Å². The summed E-state index contributed by atoms with van der Waals surface area (Å²) < 4.78 is 0. The molecule has 0 saturated heterocycles. The van der Waals surface area contributed by atoms with E-state index in [1.165, 1.54) is 5.57 Å². The second-order valence-corrected chi connectivity index (χ2v) is 2.37. The average Bonchev–Trinajstić information content (AvgIpc) is 2.05. The zero-order valence-electron chi connectivity index (χ0n) is 7.61. The van der Waals surface area contributed by atoms with Crippen LogP contribution in [0.4, 0.5) is 0 Å². The number of hydrogen-bond acceptors (Lipinski definition) is 2. The fourth-order valence-electron chi connectivity index (χ4n) is 1.07. The number of hydrogen-bond donors (Lipinski definition) is 1. The molecule has 2 nitrogen and oxygen atoms in total. The van der Waals surface area contributed by atoms with E-state index in [2.05, 4.69) is 19.2 Å². The number of likely N-dealkylation sites (N-methyl/N-ethyl adjacent to an activating group) is 1. The van der Waals surface area contributed by atoms with Gasteiger partial charge in [-0.3, -0.25) is 4.79 Å². The van der Waals surface area contributed by atoms with Crippen LogP contribution in [0.5, 0.6) is 0 Å². The highest BCUT2D eigenvalue weighted by Crippen LogP contribution is 2.08. The van der Waals surface area contributed by atoms with E-state index in [0.717, 1.165) is 31.4 Å². The van der Waals surface area contributed by atoms with Gasteiger partial charge in [0, 0.05) is 6.54 Å². The molecule has 0 aliphatic rings. The molecule has 1 N–H and O–H groups in total. The molecular formula is C9H17NO. The Kier molecular flexibility index (Phi) is 5.53. The van der Waals surface area contributed by atoms with Gasteiger partial charge in [-0.2, -0.15) is 0 Å². The molecule has 0 aromatic carbocycles. The molecule has 11 heavy (non-hydrogen) atoms. The Labute approximate surface area is 68.7 Å². The Morgan fingerprint density at radius 2 is 1.82 bits per heavy atom. The van der Waals surface area contributed by atoms with Gasteiger partial charge in [-0.25, -0.2) is 0 Å². The molecule has 0 fully saturated rings. The molecule has 0 aromatic heterocycles. The van der Waals surface area contributed by atoms with Gasteiger partial charge in [-0.05, 0) is 25.3 Å². The van der Waals surface area contributed by atoms with E-state index in [1.54, 1.807) is 0 Å².